The lowest BCUT2D eigenvalue weighted by Gasteiger charge is -2.17. The molecule has 15 heavy (non-hydrogen) atoms. The van der Waals surface area contributed by atoms with Gasteiger partial charge in [-0.25, -0.2) is 0 Å². The Morgan fingerprint density at radius 1 is 1.27 bits per heavy atom. The first-order chi connectivity index (χ1) is 7.25. The molecule has 2 heteroatoms. The van der Waals surface area contributed by atoms with Crippen LogP contribution < -0.4 is 10.5 Å². The van der Waals surface area contributed by atoms with E-state index in [0.717, 1.165) is 23.5 Å². The zero-order chi connectivity index (χ0) is 10.7. The molecule has 1 atom stereocenters. The summed E-state index contributed by atoms with van der Waals surface area (Å²) in [6.07, 6.45) is 4.94. The topological polar surface area (TPSA) is 35.2 Å². The second kappa shape index (κ2) is 4.32. The second-order valence-corrected chi connectivity index (χ2v) is 3.73. The lowest BCUT2D eigenvalue weighted by Crippen LogP contribution is -2.20. The summed E-state index contributed by atoms with van der Waals surface area (Å²) >= 11 is 0. The number of ether oxygens (including phenoxy) is 1. The molecular formula is C13H15NO. The lowest BCUT2D eigenvalue weighted by molar-refractivity contribution is 0.428. The van der Waals surface area contributed by atoms with Crippen LogP contribution in [0.5, 0.6) is 5.75 Å². The maximum atomic E-state index is 5.80. The molecule has 0 saturated heterocycles. The number of hydrogen-bond donors (Lipinski definition) is 1. The minimum absolute atomic E-state index is 0.133. The molecule has 0 aromatic heterocycles. The summed E-state index contributed by atoms with van der Waals surface area (Å²) in [5.74, 6) is 1.79. The van der Waals surface area contributed by atoms with Crippen molar-refractivity contribution < 1.29 is 4.74 Å². The molecule has 0 radical (unpaired) electrons. The van der Waals surface area contributed by atoms with Crippen molar-refractivity contribution in [3.05, 3.63) is 53.8 Å². The number of benzene rings is 1. The van der Waals surface area contributed by atoms with Gasteiger partial charge in [0.1, 0.15) is 11.5 Å². The molecule has 2 N–H and O–H groups in total. The number of hydrogen-bond acceptors (Lipinski definition) is 2. The SMILES string of the molecule is CC1=CC(N)CC=C1Oc1ccccc1. The summed E-state index contributed by atoms with van der Waals surface area (Å²) < 4.78 is 5.75. The minimum atomic E-state index is 0.133. The van der Waals surface area contributed by atoms with Gasteiger partial charge in [0.15, 0.2) is 0 Å². The Morgan fingerprint density at radius 3 is 2.67 bits per heavy atom. The van der Waals surface area contributed by atoms with Crippen molar-refractivity contribution >= 4 is 0 Å². The van der Waals surface area contributed by atoms with Crippen molar-refractivity contribution in [2.45, 2.75) is 19.4 Å². The van der Waals surface area contributed by atoms with E-state index in [1.165, 1.54) is 0 Å². The van der Waals surface area contributed by atoms with Crippen molar-refractivity contribution in [2.75, 3.05) is 0 Å². The molecule has 0 fully saturated rings. The summed E-state index contributed by atoms with van der Waals surface area (Å²) in [6.45, 7) is 2.02. The predicted octanol–water partition coefficient (Wildman–Crippen LogP) is 2.63. The third-order valence-corrected chi connectivity index (χ3v) is 2.40. The molecule has 1 aliphatic rings. The monoisotopic (exact) mass is 201 g/mol. The quantitative estimate of drug-likeness (QED) is 0.798. The van der Waals surface area contributed by atoms with Crippen molar-refractivity contribution in [2.24, 2.45) is 5.73 Å². The summed E-state index contributed by atoms with van der Waals surface area (Å²) in [7, 11) is 0. The van der Waals surface area contributed by atoms with Crippen molar-refractivity contribution in [3.63, 3.8) is 0 Å². The van der Waals surface area contributed by atoms with Gasteiger partial charge in [0, 0.05) is 6.04 Å². The highest BCUT2D eigenvalue weighted by Crippen LogP contribution is 2.22. The third-order valence-electron chi connectivity index (χ3n) is 2.40. The lowest BCUT2D eigenvalue weighted by atomic mass is 10.0. The van der Waals surface area contributed by atoms with Gasteiger partial charge in [-0.2, -0.15) is 0 Å². The highest BCUT2D eigenvalue weighted by Gasteiger charge is 2.10. The van der Waals surface area contributed by atoms with Crippen molar-refractivity contribution in [1.29, 1.82) is 0 Å². The summed E-state index contributed by atoms with van der Waals surface area (Å²) in [6, 6.07) is 9.92. The van der Waals surface area contributed by atoms with Crippen LogP contribution in [0.3, 0.4) is 0 Å². The van der Waals surface area contributed by atoms with Crippen LogP contribution in [0.15, 0.2) is 53.8 Å². The number of para-hydroxylation sites is 1. The third kappa shape index (κ3) is 2.48. The number of rotatable bonds is 2. The Labute approximate surface area is 90.1 Å². The standard InChI is InChI=1S/C13H15NO/c1-10-9-11(14)7-8-13(10)15-12-5-3-2-4-6-12/h2-6,8-9,11H,7,14H2,1H3. The van der Waals surface area contributed by atoms with Gasteiger partial charge in [-0.05, 0) is 37.1 Å². The van der Waals surface area contributed by atoms with Crippen LogP contribution in [-0.2, 0) is 0 Å². The van der Waals surface area contributed by atoms with Gasteiger partial charge < -0.3 is 10.5 Å². The highest BCUT2D eigenvalue weighted by atomic mass is 16.5. The fourth-order valence-corrected chi connectivity index (χ4v) is 1.61. The van der Waals surface area contributed by atoms with Gasteiger partial charge in [0.25, 0.3) is 0 Å². The Hall–Kier alpha value is -1.54. The highest BCUT2D eigenvalue weighted by molar-refractivity contribution is 5.34. The maximum absolute atomic E-state index is 5.80. The fourth-order valence-electron chi connectivity index (χ4n) is 1.61. The fraction of sp³-hybridized carbons (Fsp3) is 0.231. The molecule has 78 valence electrons. The average Bonchev–Trinajstić information content (AvgIpc) is 2.24. The van der Waals surface area contributed by atoms with Crippen LogP contribution in [0.2, 0.25) is 0 Å². The molecule has 1 aromatic rings. The molecule has 0 heterocycles. The molecule has 0 aliphatic heterocycles. The Balaban J connectivity index is 2.11. The van der Waals surface area contributed by atoms with Crippen molar-refractivity contribution in [1.82, 2.24) is 0 Å². The van der Waals surface area contributed by atoms with Gasteiger partial charge in [-0.15, -0.1) is 0 Å². The van der Waals surface area contributed by atoms with Crippen LogP contribution >= 0.6 is 0 Å². The van der Waals surface area contributed by atoms with Gasteiger partial charge in [0.2, 0.25) is 0 Å². The number of nitrogens with two attached hydrogens (primary N) is 1. The van der Waals surface area contributed by atoms with E-state index in [-0.39, 0.29) is 6.04 Å². The normalized spacial score (nSPS) is 20.5. The van der Waals surface area contributed by atoms with Crippen LogP contribution in [0.4, 0.5) is 0 Å². The molecule has 1 unspecified atom stereocenters. The molecule has 2 rings (SSSR count). The molecule has 2 nitrogen and oxygen atoms in total. The molecule has 0 saturated carbocycles. The first kappa shape index (κ1) is 9.99. The molecule has 1 aliphatic carbocycles. The second-order valence-electron chi connectivity index (χ2n) is 3.73. The Bertz CT molecular complexity index is 392. The van der Waals surface area contributed by atoms with Gasteiger partial charge >= 0.3 is 0 Å². The van der Waals surface area contributed by atoms with E-state index in [1.807, 2.05) is 49.4 Å². The van der Waals surface area contributed by atoms with Gasteiger partial charge in [-0.3, -0.25) is 0 Å². The van der Waals surface area contributed by atoms with Crippen molar-refractivity contribution in [3.8, 4) is 5.75 Å². The van der Waals surface area contributed by atoms with Crippen LogP contribution in [0.25, 0.3) is 0 Å². The van der Waals surface area contributed by atoms with Gasteiger partial charge in [0.05, 0.1) is 0 Å². The molecular weight excluding hydrogens is 186 g/mol. The zero-order valence-electron chi connectivity index (χ0n) is 8.81. The van der Waals surface area contributed by atoms with Crippen LogP contribution in [0, 0.1) is 0 Å². The summed E-state index contributed by atoms with van der Waals surface area (Å²) in [5, 5.41) is 0. The van der Waals surface area contributed by atoms with E-state index in [9.17, 15) is 0 Å². The molecule has 0 spiro atoms. The van der Waals surface area contributed by atoms with E-state index in [1.54, 1.807) is 0 Å². The summed E-state index contributed by atoms with van der Waals surface area (Å²) in [4.78, 5) is 0. The molecule has 0 bridgehead atoms. The van der Waals surface area contributed by atoms with Crippen LogP contribution in [0.1, 0.15) is 13.3 Å². The summed E-state index contributed by atoms with van der Waals surface area (Å²) in [5.41, 5.74) is 6.91. The Morgan fingerprint density at radius 2 is 2.00 bits per heavy atom. The molecule has 1 aromatic carbocycles. The van der Waals surface area contributed by atoms with E-state index in [4.69, 9.17) is 10.5 Å². The van der Waals surface area contributed by atoms with E-state index in [2.05, 4.69) is 0 Å². The van der Waals surface area contributed by atoms with E-state index < -0.39 is 0 Å². The van der Waals surface area contributed by atoms with Gasteiger partial charge in [-0.1, -0.05) is 24.3 Å². The smallest absolute Gasteiger partial charge is 0.127 e. The Kier molecular flexibility index (Phi) is 2.88. The zero-order valence-corrected chi connectivity index (χ0v) is 8.81. The molecule has 0 amide bonds. The number of allylic oxidation sites excluding steroid dienone is 1. The first-order valence-corrected chi connectivity index (χ1v) is 5.13. The predicted molar refractivity (Wildman–Crippen MR) is 61.5 cm³/mol. The largest absolute Gasteiger partial charge is 0.457 e. The minimum Gasteiger partial charge on any atom is -0.457 e. The average molecular weight is 201 g/mol. The van der Waals surface area contributed by atoms with Crippen LogP contribution in [-0.4, -0.2) is 6.04 Å². The van der Waals surface area contributed by atoms with E-state index >= 15 is 0 Å². The first-order valence-electron chi connectivity index (χ1n) is 5.13. The van der Waals surface area contributed by atoms with E-state index in [0.29, 0.717) is 0 Å². The maximum Gasteiger partial charge on any atom is 0.127 e.